The Labute approximate surface area is 121 Å². The van der Waals surface area contributed by atoms with E-state index in [4.69, 9.17) is 14.2 Å². The van der Waals surface area contributed by atoms with Crippen LogP contribution in [0, 0.1) is 5.92 Å². The molecule has 1 aromatic rings. The van der Waals surface area contributed by atoms with Crippen molar-refractivity contribution in [1.82, 2.24) is 5.32 Å². The predicted octanol–water partition coefficient (Wildman–Crippen LogP) is 2.61. The highest BCUT2D eigenvalue weighted by atomic mass is 16.5. The van der Waals surface area contributed by atoms with Crippen LogP contribution in [0.2, 0.25) is 0 Å². The van der Waals surface area contributed by atoms with E-state index < -0.39 is 0 Å². The summed E-state index contributed by atoms with van der Waals surface area (Å²) in [5.41, 5.74) is 1.20. The van der Waals surface area contributed by atoms with Gasteiger partial charge in [-0.25, -0.2) is 0 Å². The second kappa shape index (κ2) is 7.50. The standard InChI is InChI=1S/C16H25NO3/c1-12(2)14(11-18-3)17-10-13-5-6-15-16(9-13)20-8-4-7-19-15/h5-6,9,12,14,17H,4,7-8,10-11H2,1-3H3. The fourth-order valence-electron chi connectivity index (χ4n) is 2.23. The van der Waals surface area contributed by atoms with Crippen molar-refractivity contribution >= 4 is 0 Å². The van der Waals surface area contributed by atoms with Gasteiger partial charge in [0, 0.05) is 26.1 Å². The molecular formula is C16H25NO3. The zero-order chi connectivity index (χ0) is 14.4. The van der Waals surface area contributed by atoms with Gasteiger partial charge in [0.05, 0.1) is 19.8 Å². The normalized spacial score (nSPS) is 16.0. The van der Waals surface area contributed by atoms with Crippen molar-refractivity contribution in [3.63, 3.8) is 0 Å². The first kappa shape index (κ1) is 15.1. The van der Waals surface area contributed by atoms with Gasteiger partial charge in [-0.3, -0.25) is 0 Å². The van der Waals surface area contributed by atoms with E-state index in [2.05, 4.69) is 31.3 Å². The van der Waals surface area contributed by atoms with Crippen molar-refractivity contribution < 1.29 is 14.2 Å². The molecule has 0 spiro atoms. The average Bonchev–Trinajstić information content (AvgIpc) is 2.67. The van der Waals surface area contributed by atoms with Crippen LogP contribution >= 0.6 is 0 Å². The van der Waals surface area contributed by atoms with Crippen LogP contribution < -0.4 is 14.8 Å². The average molecular weight is 279 g/mol. The maximum atomic E-state index is 5.71. The van der Waals surface area contributed by atoms with Gasteiger partial charge in [-0.15, -0.1) is 0 Å². The Balaban J connectivity index is 1.97. The third-order valence-corrected chi connectivity index (χ3v) is 3.53. The lowest BCUT2D eigenvalue weighted by Crippen LogP contribution is -2.37. The molecule has 2 rings (SSSR count). The zero-order valence-corrected chi connectivity index (χ0v) is 12.6. The van der Waals surface area contributed by atoms with E-state index in [1.54, 1.807) is 7.11 Å². The summed E-state index contributed by atoms with van der Waals surface area (Å²) in [5, 5.41) is 3.54. The van der Waals surface area contributed by atoms with E-state index >= 15 is 0 Å². The molecule has 20 heavy (non-hydrogen) atoms. The first-order valence-electron chi connectivity index (χ1n) is 7.31. The molecule has 1 unspecified atom stereocenters. The molecular weight excluding hydrogens is 254 g/mol. The van der Waals surface area contributed by atoms with Crippen LogP contribution in [0.4, 0.5) is 0 Å². The van der Waals surface area contributed by atoms with Gasteiger partial charge < -0.3 is 19.5 Å². The Morgan fingerprint density at radius 1 is 1.20 bits per heavy atom. The molecule has 1 aromatic carbocycles. The fourth-order valence-corrected chi connectivity index (χ4v) is 2.23. The van der Waals surface area contributed by atoms with E-state index in [1.807, 2.05) is 6.07 Å². The van der Waals surface area contributed by atoms with Crippen LogP contribution in [0.25, 0.3) is 0 Å². The molecule has 1 aliphatic heterocycles. The van der Waals surface area contributed by atoms with E-state index in [9.17, 15) is 0 Å². The number of benzene rings is 1. The minimum absolute atomic E-state index is 0.357. The number of ether oxygens (including phenoxy) is 3. The van der Waals surface area contributed by atoms with Crippen molar-refractivity contribution in [1.29, 1.82) is 0 Å². The molecule has 0 radical (unpaired) electrons. The predicted molar refractivity (Wildman–Crippen MR) is 79.4 cm³/mol. The number of fused-ring (bicyclic) bond motifs is 1. The van der Waals surface area contributed by atoms with Crippen molar-refractivity contribution in [2.24, 2.45) is 5.92 Å². The number of hydrogen-bond acceptors (Lipinski definition) is 4. The quantitative estimate of drug-likeness (QED) is 0.869. The molecule has 1 N–H and O–H groups in total. The summed E-state index contributed by atoms with van der Waals surface area (Å²) in [6.45, 7) is 7.39. The summed E-state index contributed by atoms with van der Waals surface area (Å²) in [7, 11) is 1.74. The third-order valence-electron chi connectivity index (χ3n) is 3.53. The summed E-state index contributed by atoms with van der Waals surface area (Å²) in [4.78, 5) is 0. The molecule has 0 bridgehead atoms. The second-order valence-corrected chi connectivity index (χ2v) is 5.52. The molecule has 4 nitrogen and oxygen atoms in total. The van der Waals surface area contributed by atoms with E-state index in [1.165, 1.54) is 5.56 Å². The zero-order valence-electron chi connectivity index (χ0n) is 12.6. The number of rotatable bonds is 6. The second-order valence-electron chi connectivity index (χ2n) is 5.52. The topological polar surface area (TPSA) is 39.7 Å². The van der Waals surface area contributed by atoms with Crippen LogP contribution in [-0.2, 0) is 11.3 Å². The van der Waals surface area contributed by atoms with Gasteiger partial charge in [0.2, 0.25) is 0 Å². The monoisotopic (exact) mass is 279 g/mol. The molecule has 0 saturated carbocycles. The van der Waals surface area contributed by atoms with Crippen LogP contribution in [0.1, 0.15) is 25.8 Å². The third kappa shape index (κ3) is 4.12. The van der Waals surface area contributed by atoms with Crippen LogP contribution in [0.3, 0.4) is 0 Å². The minimum Gasteiger partial charge on any atom is -0.490 e. The summed E-state index contributed by atoms with van der Waals surface area (Å²) in [5.74, 6) is 2.24. The van der Waals surface area contributed by atoms with Gasteiger partial charge in [0.15, 0.2) is 11.5 Å². The summed E-state index contributed by atoms with van der Waals surface area (Å²) >= 11 is 0. The fraction of sp³-hybridized carbons (Fsp3) is 0.625. The Bertz CT molecular complexity index is 420. The molecule has 0 saturated heterocycles. The largest absolute Gasteiger partial charge is 0.490 e. The molecule has 0 aromatic heterocycles. The summed E-state index contributed by atoms with van der Waals surface area (Å²) in [6, 6.07) is 6.51. The smallest absolute Gasteiger partial charge is 0.161 e. The SMILES string of the molecule is COCC(NCc1ccc2c(c1)OCCCO2)C(C)C. The first-order chi connectivity index (χ1) is 9.70. The number of hydrogen-bond donors (Lipinski definition) is 1. The van der Waals surface area contributed by atoms with Crippen molar-refractivity contribution in [2.45, 2.75) is 32.9 Å². The molecule has 112 valence electrons. The van der Waals surface area contributed by atoms with E-state index in [-0.39, 0.29) is 0 Å². The number of nitrogens with one attached hydrogen (secondary N) is 1. The minimum atomic E-state index is 0.357. The summed E-state index contributed by atoms with van der Waals surface area (Å²) < 4.78 is 16.6. The van der Waals surface area contributed by atoms with Crippen molar-refractivity contribution in [3.05, 3.63) is 23.8 Å². The van der Waals surface area contributed by atoms with Crippen LogP contribution in [-0.4, -0.2) is 33.0 Å². The molecule has 1 atom stereocenters. The van der Waals surface area contributed by atoms with Crippen molar-refractivity contribution in [2.75, 3.05) is 26.9 Å². The summed E-state index contributed by atoms with van der Waals surface area (Å²) in [6.07, 6.45) is 0.936. The van der Waals surface area contributed by atoms with Crippen LogP contribution in [0.15, 0.2) is 18.2 Å². The van der Waals surface area contributed by atoms with Gasteiger partial charge in [-0.05, 0) is 23.6 Å². The lowest BCUT2D eigenvalue weighted by Gasteiger charge is -2.21. The van der Waals surface area contributed by atoms with Gasteiger partial charge in [-0.2, -0.15) is 0 Å². The molecule has 0 amide bonds. The highest BCUT2D eigenvalue weighted by Crippen LogP contribution is 2.30. The molecule has 1 aliphatic rings. The Hall–Kier alpha value is -1.26. The molecule has 0 fully saturated rings. The van der Waals surface area contributed by atoms with Gasteiger partial charge in [0.25, 0.3) is 0 Å². The van der Waals surface area contributed by atoms with Crippen molar-refractivity contribution in [3.8, 4) is 11.5 Å². The first-order valence-corrected chi connectivity index (χ1v) is 7.31. The highest BCUT2D eigenvalue weighted by Gasteiger charge is 2.14. The Morgan fingerprint density at radius 3 is 2.65 bits per heavy atom. The lowest BCUT2D eigenvalue weighted by atomic mass is 10.0. The Morgan fingerprint density at radius 2 is 1.95 bits per heavy atom. The van der Waals surface area contributed by atoms with Crippen LogP contribution in [0.5, 0.6) is 11.5 Å². The van der Waals surface area contributed by atoms with Gasteiger partial charge in [0.1, 0.15) is 0 Å². The van der Waals surface area contributed by atoms with Gasteiger partial charge >= 0.3 is 0 Å². The lowest BCUT2D eigenvalue weighted by molar-refractivity contribution is 0.146. The van der Waals surface area contributed by atoms with Gasteiger partial charge in [-0.1, -0.05) is 19.9 Å². The van der Waals surface area contributed by atoms with E-state index in [0.29, 0.717) is 12.0 Å². The Kier molecular flexibility index (Phi) is 5.68. The number of methoxy groups -OCH3 is 1. The maximum absolute atomic E-state index is 5.71. The molecule has 0 aliphatic carbocycles. The maximum Gasteiger partial charge on any atom is 0.161 e. The highest BCUT2D eigenvalue weighted by molar-refractivity contribution is 5.43. The van der Waals surface area contributed by atoms with E-state index in [0.717, 1.165) is 44.3 Å². The molecule has 1 heterocycles. The molecule has 4 heteroatoms.